The van der Waals surface area contributed by atoms with Crippen molar-refractivity contribution >= 4 is 21.8 Å². The zero-order chi connectivity index (χ0) is 13.9. The van der Waals surface area contributed by atoms with Crippen LogP contribution in [0.5, 0.6) is 0 Å². The number of likely N-dealkylation sites (N-methyl/N-ethyl adjacent to an activating group) is 1. The highest BCUT2D eigenvalue weighted by atomic mass is 32.2. The van der Waals surface area contributed by atoms with E-state index in [0.717, 1.165) is 4.31 Å². The zero-order valence-electron chi connectivity index (χ0n) is 10.5. The van der Waals surface area contributed by atoms with E-state index in [1.165, 1.54) is 25.1 Å². The SMILES string of the molecule is CCN(CC(=O)OC)S(=O)(=O)c1c(N)ncn1C. The molecule has 8 nitrogen and oxygen atoms in total. The second-order valence-corrected chi connectivity index (χ2v) is 5.41. The summed E-state index contributed by atoms with van der Waals surface area (Å²) in [6.07, 6.45) is 1.30. The topological polar surface area (TPSA) is 108 Å². The van der Waals surface area contributed by atoms with E-state index < -0.39 is 16.0 Å². The molecule has 2 N–H and O–H groups in total. The summed E-state index contributed by atoms with van der Waals surface area (Å²) in [5.74, 6) is -0.734. The number of carbonyl (C=O) groups excluding carboxylic acids is 1. The largest absolute Gasteiger partial charge is 0.468 e. The predicted molar refractivity (Wildman–Crippen MR) is 64.1 cm³/mol. The number of nitrogens with zero attached hydrogens (tertiary/aromatic N) is 3. The van der Waals surface area contributed by atoms with E-state index in [0.29, 0.717) is 0 Å². The minimum atomic E-state index is -3.87. The standard InChI is InChI=1S/C9H16N4O4S/c1-4-13(5-7(14)17-3)18(15,16)9-8(10)11-6-12(9)2/h6H,4-5,10H2,1-3H3. The Balaban J connectivity index is 3.15. The summed E-state index contributed by atoms with van der Waals surface area (Å²) in [5, 5.41) is -0.131. The van der Waals surface area contributed by atoms with Gasteiger partial charge < -0.3 is 15.0 Å². The molecule has 0 aromatic carbocycles. The molecule has 0 aliphatic heterocycles. The number of imidazole rings is 1. The van der Waals surface area contributed by atoms with Gasteiger partial charge in [-0.05, 0) is 0 Å². The van der Waals surface area contributed by atoms with Gasteiger partial charge in [0.05, 0.1) is 13.4 Å². The van der Waals surface area contributed by atoms with E-state index in [-0.39, 0.29) is 23.9 Å². The fourth-order valence-corrected chi connectivity index (χ4v) is 3.04. The van der Waals surface area contributed by atoms with Crippen LogP contribution in [0.15, 0.2) is 11.4 Å². The van der Waals surface area contributed by atoms with E-state index in [4.69, 9.17) is 5.73 Å². The van der Waals surface area contributed by atoms with Crippen LogP contribution < -0.4 is 5.73 Å². The number of rotatable bonds is 5. The molecule has 0 bridgehead atoms. The summed E-state index contributed by atoms with van der Waals surface area (Å²) in [6, 6.07) is 0. The first-order chi connectivity index (χ1) is 8.34. The molecular weight excluding hydrogens is 260 g/mol. The van der Waals surface area contributed by atoms with Crippen molar-refractivity contribution in [3.8, 4) is 0 Å². The fraction of sp³-hybridized carbons (Fsp3) is 0.556. The Morgan fingerprint density at radius 3 is 2.61 bits per heavy atom. The average molecular weight is 276 g/mol. The van der Waals surface area contributed by atoms with Gasteiger partial charge in [-0.1, -0.05) is 6.92 Å². The van der Waals surface area contributed by atoms with Gasteiger partial charge in [-0.25, -0.2) is 13.4 Å². The molecule has 0 unspecified atom stereocenters. The van der Waals surface area contributed by atoms with Crippen molar-refractivity contribution in [3.63, 3.8) is 0 Å². The summed E-state index contributed by atoms with van der Waals surface area (Å²) < 4.78 is 31.3. The van der Waals surface area contributed by atoms with Gasteiger partial charge in [-0.2, -0.15) is 4.31 Å². The van der Waals surface area contributed by atoms with E-state index in [1.807, 2.05) is 0 Å². The average Bonchev–Trinajstić information content (AvgIpc) is 2.65. The smallest absolute Gasteiger partial charge is 0.321 e. The Morgan fingerprint density at radius 2 is 2.22 bits per heavy atom. The number of aromatic nitrogens is 2. The zero-order valence-corrected chi connectivity index (χ0v) is 11.3. The maximum atomic E-state index is 12.3. The summed E-state index contributed by atoms with van der Waals surface area (Å²) >= 11 is 0. The van der Waals surface area contributed by atoms with E-state index >= 15 is 0 Å². The van der Waals surface area contributed by atoms with Crippen LogP contribution in [0.2, 0.25) is 0 Å². The number of sulfonamides is 1. The van der Waals surface area contributed by atoms with Crippen molar-refractivity contribution in [2.75, 3.05) is 25.9 Å². The van der Waals surface area contributed by atoms with Gasteiger partial charge in [0, 0.05) is 13.6 Å². The number of carbonyl (C=O) groups is 1. The lowest BCUT2D eigenvalue weighted by molar-refractivity contribution is -0.140. The van der Waals surface area contributed by atoms with Crippen LogP contribution in [0, 0.1) is 0 Å². The molecule has 0 saturated carbocycles. The number of hydrogen-bond donors (Lipinski definition) is 1. The molecule has 0 aliphatic carbocycles. The molecule has 1 heterocycles. The number of esters is 1. The highest BCUT2D eigenvalue weighted by molar-refractivity contribution is 7.89. The lowest BCUT2D eigenvalue weighted by Crippen LogP contribution is -2.37. The van der Waals surface area contributed by atoms with Crippen molar-refractivity contribution in [1.82, 2.24) is 13.9 Å². The number of methoxy groups -OCH3 is 1. The minimum absolute atomic E-state index is 0.0965. The predicted octanol–water partition coefficient (Wildman–Crippen LogP) is -0.814. The maximum Gasteiger partial charge on any atom is 0.321 e. The van der Waals surface area contributed by atoms with Crippen molar-refractivity contribution in [2.24, 2.45) is 7.05 Å². The first-order valence-electron chi connectivity index (χ1n) is 5.18. The molecule has 0 spiro atoms. The van der Waals surface area contributed by atoms with Crippen LogP contribution in [0.3, 0.4) is 0 Å². The molecule has 0 atom stereocenters. The third-order valence-electron chi connectivity index (χ3n) is 2.38. The van der Waals surface area contributed by atoms with E-state index in [2.05, 4.69) is 9.72 Å². The molecule has 102 valence electrons. The van der Waals surface area contributed by atoms with Crippen molar-refractivity contribution in [2.45, 2.75) is 11.9 Å². The molecule has 0 saturated heterocycles. The molecule has 18 heavy (non-hydrogen) atoms. The molecule has 0 amide bonds. The van der Waals surface area contributed by atoms with Gasteiger partial charge in [-0.15, -0.1) is 0 Å². The van der Waals surface area contributed by atoms with Crippen molar-refractivity contribution in [3.05, 3.63) is 6.33 Å². The molecule has 1 aromatic rings. The molecule has 9 heteroatoms. The second-order valence-electron chi connectivity index (χ2n) is 3.55. The van der Waals surface area contributed by atoms with Crippen LogP contribution in [-0.2, 0) is 26.6 Å². The summed E-state index contributed by atoms with van der Waals surface area (Å²) in [5.41, 5.74) is 5.53. The molecular formula is C9H16N4O4S. The number of hydrogen-bond acceptors (Lipinski definition) is 6. The Kier molecular flexibility index (Phi) is 4.30. The lowest BCUT2D eigenvalue weighted by atomic mass is 10.6. The number of nitrogen functional groups attached to an aromatic ring is 1. The fourth-order valence-electron chi connectivity index (χ4n) is 1.45. The highest BCUT2D eigenvalue weighted by Crippen LogP contribution is 2.20. The van der Waals surface area contributed by atoms with Gasteiger partial charge in [0.15, 0.2) is 10.8 Å². The molecule has 1 rings (SSSR count). The third kappa shape index (κ3) is 2.62. The first kappa shape index (κ1) is 14.5. The molecule has 1 aromatic heterocycles. The number of ether oxygens (including phenoxy) is 1. The minimum Gasteiger partial charge on any atom is -0.468 e. The highest BCUT2D eigenvalue weighted by Gasteiger charge is 2.30. The van der Waals surface area contributed by atoms with Gasteiger partial charge in [0.2, 0.25) is 0 Å². The van der Waals surface area contributed by atoms with Gasteiger partial charge >= 0.3 is 5.97 Å². The molecule has 0 fully saturated rings. The van der Waals surface area contributed by atoms with Crippen LogP contribution in [0.4, 0.5) is 5.82 Å². The lowest BCUT2D eigenvalue weighted by Gasteiger charge is -2.19. The quantitative estimate of drug-likeness (QED) is 0.704. The van der Waals surface area contributed by atoms with Gasteiger partial charge in [0.1, 0.15) is 6.54 Å². The van der Waals surface area contributed by atoms with Crippen LogP contribution in [0.25, 0.3) is 0 Å². The second kappa shape index (κ2) is 5.36. The van der Waals surface area contributed by atoms with E-state index in [1.54, 1.807) is 6.92 Å². The molecule has 0 aliphatic rings. The van der Waals surface area contributed by atoms with E-state index in [9.17, 15) is 13.2 Å². The Labute approximate surface area is 105 Å². The normalized spacial score (nSPS) is 11.8. The first-order valence-corrected chi connectivity index (χ1v) is 6.62. The van der Waals surface area contributed by atoms with Crippen molar-refractivity contribution in [1.29, 1.82) is 0 Å². The Hall–Kier alpha value is -1.61. The number of nitrogens with two attached hydrogens (primary N) is 1. The Morgan fingerprint density at radius 1 is 1.61 bits per heavy atom. The van der Waals surface area contributed by atoms with Gasteiger partial charge in [-0.3, -0.25) is 4.79 Å². The Bertz CT molecular complexity index is 517. The van der Waals surface area contributed by atoms with Gasteiger partial charge in [0.25, 0.3) is 10.0 Å². The molecule has 0 radical (unpaired) electrons. The van der Waals surface area contributed by atoms with Crippen LogP contribution in [0.1, 0.15) is 6.92 Å². The van der Waals surface area contributed by atoms with Crippen LogP contribution >= 0.6 is 0 Å². The van der Waals surface area contributed by atoms with Crippen LogP contribution in [-0.4, -0.2) is 48.4 Å². The maximum absolute atomic E-state index is 12.3. The third-order valence-corrected chi connectivity index (χ3v) is 4.43. The summed E-state index contributed by atoms with van der Waals surface area (Å²) in [4.78, 5) is 14.9. The number of anilines is 1. The van der Waals surface area contributed by atoms with Crippen molar-refractivity contribution < 1.29 is 17.9 Å². The summed E-state index contributed by atoms with van der Waals surface area (Å²) in [6.45, 7) is 1.38. The number of aryl methyl sites for hydroxylation is 1. The summed E-state index contributed by atoms with van der Waals surface area (Å²) in [7, 11) is -1.15. The monoisotopic (exact) mass is 276 g/mol.